The second-order valence-electron chi connectivity index (χ2n) is 8.10. The Hall–Kier alpha value is -2.31. The third kappa shape index (κ3) is 4.11. The first kappa shape index (κ1) is 20.6. The zero-order valence-corrected chi connectivity index (χ0v) is 19.1. The van der Waals surface area contributed by atoms with Crippen molar-refractivity contribution in [2.24, 2.45) is 0 Å². The maximum Gasteiger partial charge on any atom is 0.277 e. The van der Waals surface area contributed by atoms with E-state index in [1.54, 1.807) is 22.9 Å². The number of anilines is 1. The normalized spacial score (nSPS) is 20.9. The molecule has 3 heterocycles. The molecule has 1 unspecified atom stereocenters. The summed E-state index contributed by atoms with van der Waals surface area (Å²) in [6.07, 6.45) is 3.66. The predicted octanol–water partition coefficient (Wildman–Crippen LogP) is 2.39. The molecule has 1 atom stereocenters. The highest BCUT2D eigenvalue weighted by molar-refractivity contribution is 7.91. The standard InChI is InChI=1S/C19H20N4O5S3/c1-30(25,26)13-4-5-14-17(8-13)29-19(20-14)21-18(24)15-9-16(11-2-3-11)23(22-15)12-6-7-31(27,28)10-12/h4-5,8-9,11-12H,2-3,6-7,10H2,1H3,(H,20,21,24). The largest absolute Gasteiger partial charge is 0.296 e. The lowest BCUT2D eigenvalue weighted by molar-refractivity contribution is 0.102. The molecule has 2 fully saturated rings. The number of carbonyl (C=O) groups excluding carboxylic acids is 1. The Morgan fingerprint density at radius 3 is 2.65 bits per heavy atom. The maximum atomic E-state index is 12.8. The molecular formula is C19H20N4O5S3. The highest BCUT2D eigenvalue weighted by Gasteiger charge is 2.36. The molecular weight excluding hydrogens is 460 g/mol. The Balaban J connectivity index is 1.41. The summed E-state index contributed by atoms with van der Waals surface area (Å²) >= 11 is 1.18. The Bertz CT molecular complexity index is 1420. The third-order valence-electron chi connectivity index (χ3n) is 5.56. The van der Waals surface area contributed by atoms with Gasteiger partial charge in [-0.3, -0.25) is 14.8 Å². The minimum Gasteiger partial charge on any atom is -0.296 e. The summed E-state index contributed by atoms with van der Waals surface area (Å²) < 4.78 is 49.7. The number of aromatic nitrogens is 3. The van der Waals surface area contributed by atoms with E-state index in [-0.39, 0.29) is 28.1 Å². The lowest BCUT2D eigenvalue weighted by Gasteiger charge is -2.12. The Morgan fingerprint density at radius 2 is 2.00 bits per heavy atom. The van der Waals surface area contributed by atoms with Gasteiger partial charge in [0.05, 0.1) is 32.7 Å². The topological polar surface area (TPSA) is 128 Å². The fourth-order valence-corrected chi connectivity index (χ4v) is 7.13. The molecule has 9 nitrogen and oxygen atoms in total. The van der Waals surface area contributed by atoms with Gasteiger partial charge in [0.1, 0.15) is 0 Å². The molecule has 2 aromatic heterocycles. The van der Waals surface area contributed by atoms with Crippen molar-refractivity contribution in [1.29, 1.82) is 0 Å². The van der Waals surface area contributed by atoms with E-state index in [4.69, 9.17) is 0 Å². The van der Waals surface area contributed by atoms with Crippen molar-refractivity contribution in [3.63, 3.8) is 0 Å². The van der Waals surface area contributed by atoms with Crippen LogP contribution in [-0.2, 0) is 19.7 Å². The van der Waals surface area contributed by atoms with Crippen LogP contribution >= 0.6 is 11.3 Å². The van der Waals surface area contributed by atoms with Crippen LogP contribution in [0.15, 0.2) is 29.2 Å². The first-order chi connectivity index (χ1) is 14.6. The monoisotopic (exact) mass is 480 g/mol. The average Bonchev–Trinajstić information content (AvgIpc) is 3.14. The maximum absolute atomic E-state index is 12.8. The number of benzene rings is 1. The van der Waals surface area contributed by atoms with Gasteiger partial charge in [0.15, 0.2) is 30.5 Å². The zero-order valence-electron chi connectivity index (χ0n) is 16.6. The summed E-state index contributed by atoms with van der Waals surface area (Å²) in [4.78, 5) is 17.4. The van der Waals surface area contributed by atoms with Crippen LogP contribution in [0.25, 0.3) is 10.2 Å². The average molecular weight is 481 g/mol. The molecule has 31 heavy (non-hydrogen) atoms. The van der Waals surface area contributed by atoms with Gasteiger partial charge in [0.2, 0.25) is 0 Å². The van der Waals surface area contributed by atoms with Gasteiger partial charge in [-0.2, -0.15) is 5.10 Å². The predicted molar refractivity (Wildman–Crippen MR) is 117 cm³/mol. The summed E-state index contributed by atoms with van der Waals surface area (Å²) in [7, 11) is -6.40. The van der Waals surface area contributed by atoms with Crippen molar-refractivity contribution in [2.45, 2.75) is 36.1 Å². The number of sulfone groups is 2. The molecule has 1 aromatic carbocycles. The number of amides is 1. The van der Waals surface area contributed by atoms with E-state index in [2.05, 4.69) is 15.4 Å². The van der Waals surface area contributed by atoms with E-state index < -0.39 is 25.6 Å². The number of rotatable bonds is 5. The van der Waals surface area contributed by atoms with E-state index in [0.29, 0.717) is 27.7 Å². The molecule has 1 aliphatic heterocycles. The van der Waals surface area contributed by atoms with Crippen molar-refractivity contribution < 1.29 is 21.6 Å². The van der Waals surface area contributed by atoms with Crippen LogP contribution < -0.4 is 5.32 Å². The number of nitrogens with one attached hydrogen (secondary N) is 1. The Morgan fingerprint density at radius 1 is 1.23 bits per heavy atom. The van der Waals surface area contributed by atoms with Crippen LogP contribution in [0.1, 0.15) is 47.4 Å². The minimum absolute atomic E-state index is 0.0516. The van der Waals surface area contributed by atoms with E-state index in [1.165, 1.54) is 17.4 Å². The van der Waals surface area contributed by atoms with Gasteiger partial charge in [-0.15, -0.1) is 0 Å². The van der Waals surface area contributed by atoms with E-state index in [9.17, 15) is 21.6 Å². The highest BCUT2D eigenvalue weighted by atomic mass is 32.2. The van der Waals surface area contributed by atoms with Crippen LogP contribution in [0, 0.1) is 0 Å². The van der Waals surface area contributed by atoms with Gasteiger partial charge in [0, 0.05) is 17.9 Å². The van der Waals surface area contributed by atoms with E-state index in [1.807, 2.05) is 0 Å². The molecule has 164 valence electrons. The van der Waals surface area contributed by atoms with E-state index >= 15 is 0 Å². The van der Waals surface area contributed by atoms with Gasteiger partial charge in [-0.05, 0) is 43.5 Å². The van der Waals surface area contributed by atoms with Crippen molar-refractivity contribution in [1.82, 2.24) is 14.8 Å². The number of thiazole rings is 1. The van der Waals surface area contributed by atoms with Crippen LogP contribution in [-0.4, -0.2) is 55.3 Å². The molecule has 0 radical (unpaired) electrons. The van der Waals surface area contributed by atoms with Crippen LogP contribution in [0.5, 0.6) is 0 Å². The molecule has 2 aliphatic rings. The molecule has 0 spiro atoms. The van der Waals surface area contributed by atoms with Crippen LogP contribution in [0.4, 0.5) is 5.13 Å². The van der Waals surface area contributed by atoms with Gasteiger partial charge in [-0.25, -0.2) is 21.8 Å². The van der Waals surface area contributed by atoms with Crippen LogP contribution in [0.2, 0.25) is 0 Å². The molecule has 1 amide bonds. The molecule has 12 heteroatoms. The number of carbonyl (C=O) groups is 1. The van der Waals surface area contributed by atoms with Gasteiger partial charge in [0.25, 0.3) is 5.91 Å². The Kier molecular flexibility index (Phi) is 4.72. The number of nitrogens with zero attached hydrogens (tertiary/aromatic N) is 3. The van der Waals surface area contributed by atoms with E-state index in [0.717, 1.165) is 24.8 Å². The fraction of sp³-hybridized carbons (Fsp3) is 0.421. The fourth-order valence-electron chi connectivity index (χ4n) is 3.81. The summed E-state index contributed by atoms with van der Waals surface area (Å²) in [6, 6.07) is 6.14. The van der Waals surface area contributed by atoms with Crippen molar-refractivity contribution in [3.05, 3.63) is 35.7 Å². The van der Waals surface area contributed by atoms with Gasteiger partial charge >= 0.3 is 0 Å². The van der Waals surface area contributed by atoms with Crippen molar-refractivity contribution in [3.8, 4) is 0 Å². The second-order valence-corrected chi connectivity index (χ2v) is 13.4. The molecule has 1 aliphatic carbocycles. The molecule has 0 bridgehead atoms. The first-order valence-corrected chi connectivity index (χ1v) is 14.3. The van der Waals surface area contributed by atoms with Crippen molar-refractivity contribution >= 4 is 52.3 Å². The summed E-state index contributed by atoms with van der Waals surface area (Å²) in [6.45, 7) is 0. The highest BCUT2D eigenvalue weighted by Crippen LogP contribution is 2.42. The number of hydrogen-bond acceptors (Lipinski definition) is 8. The Labute approximate surface area is 183 Å². The third-order valence-corrected chi connectivity index (χ3v) is 9.35. The zero-order chi connectivity index (χ0) is 22.0. The first-order valence-electron chi connectivity index (χ1n) is 9.81. The van der Waals surface area contributed by atoms with Crippen molar-refractivity contribution in [2.75, 3.05) is 23.1 Å². The second kappa shape index (κ2) is 7.10. The number of fused-ring (bicyclic) bond motifs is 1. The van der Waals surface area contributed by atoms with Gasteiger partial charge < -0.3 is 0 Å². The summed E-state index contributed by atoms with van der Waals surface area (Å²) in [5, 5.41) is 7.53. The summed E-state index contributed by atoms with van der Waals surface area (Å²) in [5.41, 5.74) is 1.73. The van der Waals surface area contributed by atoms with Gasteiger partial charge in [-0.1, -0.05) is 11.3 Å². The molecule has 1 N–H and O–H groups in total. The lowest BCUT2D eigenvalue weighted by Crippen LogP contribution is -2.17. The quantitative estimate of drug-likeness (QED) is 0.594. The SMILES string of the molecule is CS(=O)(=O)c1ccc2nc(NC(=O)c3cc(C4CC4)n(C4CCS(=O)(=O)C4)n3)sc2c1. The minimum atomic E-state index is -3.34. The number of hydrogen-bond donors (Lipinski definition) is 1. The molecule has 1 saturated carbocycles. The molecule has 1 saturated heterocycles. The van der Waals surface area contributed by atoms with Crippen LogP contribution in [0.3, 0.4) is 0 Å². The smallest absolute Gasteiger partial charge is 0.277 e. The lowest BCUT2D eigenvalue weighted by atomic mass is 10.2. The summed E-state index contributed by atoms with van der Waals surface area (Å²) in [5.74, 6) is 0.0819. The molecule has 3 aromatic rings. The molecule has 5 rings (SSSR count).